The van der Waals surface area contributed by atoms with Gasteiger partial charge in [0.2, 0.25) is 0 Å². The van der Waals surface area contributed by atoms with Gasteiger partial charge in [-0.3, -0.25) is 4.72 Å². The number of halogens is 1. The molecule has 0 fully saturated rings. The predicted molar refractivity (Wildman–Crippen MR) is 82.8 cm³/mol. The van der Waals surface area contributed by atoms with Gasteiger partial charge in [-0.2, -0.15) is 0 Å². The maximum Gasteiger partial charge on any atom is 0.261 e. The van der Waals surface area contributed by atoms with Crippen LogP contribution in [-0.4, -0.2) is 8.42 Å². The minimum Gasteiger partial charge on any atom is -0.280 e. The molecule has 0 aromatic heterocycles. The first-order chi connectivity index (χ1) is 9.42. The molecule has 2 rings (SSSR count). The third kappa shape index (κ3) is 3.32. The second-order valence-corrected chi connectivity index (χ2v) is 6.67. The van der Waals surface area contributed by atoms with E-state index in [-0.39, 0.29) is 4.90 Å². The van der Waals surface area contributed by atoms with Crippen molar-refractivity contribution in [2.45, 2.75) is 25.2 Å². The van der Waals surface area contributed by atoms with Crippen LogP contribution < -0.4 is 4.72 Å². The largest absolute Gasteiger partial charge is 0.280 e. The summed E-state index contributed by atoms with van der Waals surface area (Å²) < 4.78 is 27.0. The molecule has 106 valence electrons. The summed E-state index contributed by atoms with van der Waals surface area (Å²) in [5.74, 6) is 0. The molecular formula is C15H16ClNO2S. The van der Waals surface area contributed by atoms with Gasteiger partial charge in [-0.25, -0.2) is 8.42 Å². The molecule has 20 heavy (non-hydrogen) atoms. The van der Waals surface area contributed by atoms with E-state index >= 15 is 0 Å². The van der Waals surface area contributed by atoms with Crippen LogP contribution in [0.1, 0.15) is 18.1 Å². The van der Waals surface area contributed by atoms with E-state index in [1.165, 1.54) is 17.7 Å². The molecule has 0 unspecified atom stereocenters. The first-order valence-corrected chi connectivity index (χ1v) is 8.16. The third-order valence-electron chi connectivity index (χ3n) is 3.10. The Kier molecular flexibility index (Phi) is 4.35. The van der Waals surface area contributed by atoms with Crippen LogP contribution in [0.3, 0.4) is 0 Å². The van der Waals surface area contributed by atoms with Crippen molar-refractivity contribution in [1.29, 1.82) is 0 Å². The molecule has 0 heterocycles. The number of hydrogen-bond acceptors (Lipinski definition) is 2. The Morgan fingerprint density at radius 1 is 1.10 bits per heavy atom. The molecular weight excluding hydrogens is 294 g/mol. The summed E-state index contributed by atoms with van der Waals surface area (Å²) in [6, 6.07) is 11.6. The standard InChI is InChI=1S/C15H16ClNO2S/c1-3-12-4-7-14(10-11(12)2)17-20(18,19)15-8-5-13(16)6-9-15/h4-10,17H,3H2,1-2H3. The summed E-state index contributed by atoms with van der Waals surface area (Å²) in [5, 5.41) is 0.507. The van der Waals surface area contributed by atoms with Gasteiger partial charge < -0.3 is 0 Å². The number of benzene rings is 2. The minimum atomic E-state index is -3.58. The molecule has 0 atom stereocenters. The maximum atomic E-state index is 12.2. The van der Waals surface area contributed by atoms with Crippen molar-refractivity contribution in [2.75, 3.05) is 4.72 Å². The maximum absolute atomic E-state index is 12.2. The van der Waals surface area contributed by atoms with Crippen molar-refractivity contribution >= 4 is 27.3 Å². The summed E-state index contributed by atoms with van der Waals surface area (Å²) in [6.45, 7) is 4.04. The first kappa shape index (κ1) is 14.9. The van der Waals surface area contributed by atoms with Crippen molar-refractivity contribution in [3.8, 4) is 0 Å². The molecule has 0 saturated carbocycles. The molecule has 0 bridgehead atoms. The smallest absolute Gasteiger partial charge is 0.261 e. The Balaban J connectivity index is 2.28. The van der Waals surface area contributed by atoms with Crippen molar-refractivity contribution in [3.63, 3.8) is 0 Å². The van der Waals surface area contributed by atoms with Crippen molar-refractivity contribution in [3.05, 3.63) is 58.6 Å². The number of nitrogens with one attached hydrogen (secondary N) is 1. The van der Waals surface area contributed by atoms with Gasteiger partial charge in [0.15, 0.2) is 0 Å². The van der Waals surface area contributed by atoms with Crippen LogP contribution in [0.4, 0.5) is 5.69 Å². The zero-order chi connectivity index (χ0) is 14.8. The fourth-order valence-corrected chi connectivity index (χ4v) is 3.16. The lowest BCUT2D eigenvalue weighted by atomic mass is 10.1. The molecule has 0 radical (unpaired) electrons. The zero-order valence-electron chi connectivity index (χ0n) is 11.4. The van der Waals surface area contributed by atoms with E-state index in [1.54, 1.807) is 18.2 Å². The molecule has 2 aromatic rings. The molecule has 0 aliphatic heterocycles. The van der Waals surface area contributed by atoms with E-state index in [1.807, 2.05) is 19.1 Å². The minimum absolute atomic E-state index is 0.194. The van der Waals surface area contributed by atoms with E-state index < -0.39 is 10.0 Å². The molecule has 3 nitrogen and oxygen atoms in total. The highest BCUT2D eigenvalue weighted by molar-refractivity contribution is 7.92. The van der Waals surface area contributed by atoms with Crippen LogP contribution in [0.5, 0.6) is 0 Å². The molecule has 0 spiro atoms. The van der Waals surface area contributed by atoms with Crippen LogP contribution in [0.15, 0.2) is 47.4 Å². The van der Waals surface area contributed by atoms with Gasteiger partial charge in [0.1, 0.15) is 0 Å². The predicted octanol–water partition coefficient (Wildman–Crippen LogP) is 4.01. The molecule has 0 saturated heterocycles. The van der Waals surface area contributed by atoms with Gasteiger partial charge >= 0.3 is 0 Å². The number of hydrogen-bond donors (Lipinski definition) is 1. The van der Waals surface area contributed by atoms with Crippen LogP contribution in [0.25, 0.3) is 0 Å². The summed E-state index contributed by atoms with van der Waals surface area (Å²) in [6.07, 6.45) is 0.927. The van der Waals surface area contributed by atoms with Gasteiger partial charge in [-0.05, 0) is 60.9 Å². The molecule has 1 N–H and O–H groups in total. The quantitative estimate of drug-likeness (QED) is 0.927. The first-order valence-electron chi connectivity index (χ1n) is 6.30. The number of aryl methyl sites for hydroxylation is 2. The fraction of sp³-hybridized carbons (Fsp3) is 0.200. The fourth-order valence-electron chi connectivity index (χ4n) is 1.98. The average Bonchev–Trinajstić information content (AvgIpc) is 2.39. The molecule has 0 amide bonds. The van der Waals surface area contributed by atoms with Gasteiger partial charge in [0, 0.05) is 10.7 Å². The summed E-state index contributed by atoms with van der Waals surface area (Å²) >= 11 is 5.76. The average molecular weight is 310 g/mol. The van der Waals surface area contributed by atoms with E-state index in [9.17, 15) is 8.42 Å². The Morgan fingerprint density at radius 2 is 1.75 bits per heavy atom. The van der Waals surface area contributed by atoms with Crippen LogP contribution in [0, 0.1) is 6.92 Å². The Hall–Kier alpha value is -1.52. The monoisotopic (exact) mass is 309 g/mol. The second-order valence-electron chi connectivity index (χ2n) is 4.55. The van der Waals surface area contributed by atoms with Gasteiger partial charge in [-0.1, -0.05) is 24.6 Å². The van der Waals surface area contributed by atoms with E-state index in [2.05, 4.69) is 11.6 Å². The lowest BCUT2D eigenvalue weighted by molar-refractivity contribution is 0.601. The second kappa shape index (κ2) is 5.85. The van der Waals surface area contributed by atoms with Gasteiger partial charge in [0.25, 0.3) is 10.0 Å². The molecule has 0 aliphatic carbocycles. The van der Waals surface area contributed by atoms with E-state index in [0.717, 1.165) is 12.0 Å². The molecule has 0 aliphatic rings. The Morgan fingerprint density at radius 3 is 2.30 bits per heavy atom. The Bertz CT molecular complexity index is 709. The van der Waals surface area contributed by atoms with E-state index in [4.69, 9.17) is 11.6 Å². The normalized spacial score (nSPS) is 11.3. The molecule has 5 heteroatoms. The van der Waals surface area contributed by atoms with Crippen molar-refractivity contribution in [2.24, 2.45) is 0 Å². The summed E-state index contributed by atoms with van der Waals surface area (Å²) in [4.78, 5) is 0.194. The van der Waals surface area contributed by atoms with Crippen LogP contribution >= 0.6 is 11.6 Å². The topological polar surface area (TPSA) is 46.2 Å². The lowest BCUT2D eigenvalue weighted by Crippen LogP contribution is -2.13. The Labute approximate surface area is 124 Å². The van der Waals surface area contributed by atoms with Crippen LogP contribution in [0.2, 0.25) is 5.02 Å². The number of anilines is 1. The molecule has 2 aromatic carbocycles. The zero-order valence-corrected chi connectivity index (χ0v) is 12.9. The summed E-state index contributed by atoms with van der Waals surface area (Å²) in [7, 11) is -3.58. The van der Waals surface area contributed by atoms with Crippen LogP contribution in [-0.2, 0) is 16.4 Å². The van der Waals surface area contributed by atoms with Crippen molar-refractivity contribution < 1.29 is 8.42 Å². The summed E-state index contributed by atoms with van der Waals surface area (Å²) in [5.41, 5.74) is 2.85. The number of rotatable bonds is 4. The highest BCUT2D eigenvalue weighted by atomic mass is 35.5. The SMILES string of the molecule is CCc1ccc(NS(=O)(=O)c2ccc(Cl)cc2)cc1C. The highest BCUT2D eigenvalue weighted by Gasteiger charge is 2.14. The third-order valence-corrected chi connectivity index (χ3v) is 4.75. The van der Waals surface area contributed by atoms with Gasteiger partial charge in [-0.15, -0.1) is 0 Å². The highest BCUT2D eigenvalue weighted by Crippen LogP contribution is 2.20. The lowest BCUT2D eigenvalue weighted by Gasteiger charge is -2.10. The number of sulfonamides is 1. The van der Waals surface area contributed by atoms with Crippen molar-refractivity contribution in [1.82, 2.24) is 0 Å². The van der Waals surface area contributed by atoms with E-state index in [0.29, 0.717) is 10.7 Å². The van der Waals surface area contributed by atoms with Gasteiger partial charge in [0.05, 0.1) is 4.90 Å².